The molecule has 0 aromatic heterocycles. The van der Waals surface area contributed by atoms with Crippen LogP contribution < -0.4 is 15.2 Å². The van der Waals surface area contributed by atoms with Gasteiger partial charge in [-0.1, -0.05) is 19.1 Å². The summed E-state index contributed by atoms with van der Waals surface area (Å²) in [5.41, 5.74) is 7.57. The van der Waals surface area contributed by atoms with Gasteiger partial charge in [-0.25, -0.2) is 8.42 Å². The molecule has 0 unspecified atom stereocenters. The fraction of sp³-hybridized carbons (Fsp3) is 0.200. The molecule has 0 bridgehead atoms. The summed E-state index contributed by atoms with van der Waals surface area (Å²) in [7, 11) is -2.22. The van der Waals surface area contributed by atoms with E-state index in [0.29, 0.717) is 11.4 Å². The number of rotatable bonds is 5. The number of hydrogen-bond donors (Lipinski definition) is 2. The van der Waals surface area contributed by atoms with Crippen molar-refractivity contribution in [2.45, 2.75) is 18.2 Å². The van der Waals surface area contributed by atoms with E-state index in [1.807, 2.05) is 19.1 Å². The minimum atomic E-state index is -3.72. The number of methoxy groups -OCH3 is 1. The topological polar surface area (TPSA) is 81.4 Å². The number of nitrogens with one attached hydrogen (secondary N) is 1. The lowest BCUT2D eigenvalue weighted by atomic mass is 10.2. The van der Waals surface area contributed by atoms with Crippen LogP contribution in [0.5, 0.6) is 5.75 Å². The van der Waals surface area contributed by atoms with E-state index in [4.69, 9.17) is 10.5 Å². The molecule has 0 amide bonds. The Hall–Kier alpha value is -2.21. The van der Waals surface area contributed by atoms with Crippen LogP contribution in [0, 0.1) is 0 Å². The van der Waals surface area contributed by atoms with Gasteiger partial charge >= 0.3 is 0 Å². The number of nitrogens with two attached hydrogens (primary N) is 1. The smallest absolute Gasteiger partial charge is 0.263 e. The van der Waals surface area contributed by atoms with Gasteiger partial charge in [-0.2, -0.15) is 0 Å². The van der Waals surface area contributed by atoms with Crippen LogP contribution in [0.3, 0.4) is 0 Å². The summed E-state index contributed by atoms with van der Waals surface area (Å²) in [5.74, 6) is 0.513. The number of ether oxygens (including phenoxy) is 1. The molecule has 0 spiro atoms. The van der Waals surface area contributed by atoms with E-state index in [0.717, 1.165) is 12.0 Å². The van der Waals surface area contributed by atoms with Gasteiger partial charge in [-0.15, -0.1) is 0 Å². The lowest BCUT2D eigenvalue weighted by Crippen LogP contribution is -2.14. The van der Waals surface area contributed by atoms with Crippen molar-refractivity contribution in [3.63, 3.8) is 0 Å². The fourth-order valence-electron chi connectivity index (χ4n) is 1.92. The summed E-state index contributed by atoms with van der Waals surface area (Å²) in [5, 5.41) is 0. The van der Waals surface area contributed by atoms with Crippen molar-refractivity contribution in [3.8, 4) is 5.75 Å². The van der Waals surface area contributed by atoms with Gasteiger partial charge < -0.3 is 10.5 Å². The predicted octanol–water partition coefficient (Wildman–Crippen LogP) is 2.64. The highest BCUT2D eigenvalue weighted by atomic mass is 32.2. The van der Waals surface area contributed by atoms with Gasteiger partial charge in [0.25, 0.3) is 10.0 Å². The molecule has 2 rings (SSSR count). The minimum absolute atomic E-state index is 0.0304. The minimum Gasteiger partial charge on any atom is -0.497 e. The maximum absolute atomic E-state index is 12.3. The molecule has 0 aliphatic carbocycles. The third kappa shape index (κ3) is 3.46. The molecule has 0 saturated carbocycles. The van der Waals surface area contributed by atoms with Crippen molar-refractivity contribution in [1.29, 1.82) is 0 Å². The molecule has 0 atom stereocenters. The molecule has 21 heavy (non-hydrogen) atoms. The Morgan fingerprint density at radius 2 is 1.81 bits per heavy atom. The van der Waals surface area contributed by atoms with Crippen molar-refractivity contribution >= 4 is 21.4 Å². The maximum Gasteiger partial charge on any atom is 0.263 e. The van der Waals surface area contributed by atoms with Crippen LogP contribution in [0.2, 0.25) is 0 Å². The zero-order valence-electron chi connectivity index (χ0n) is 12.0. The SMILES string of the molecule is CCc1ccc(NS(=O)(=O)c2ccc(OC)cc2N)cc1. The van der Waals surface area contributed by atoms with Crippen molar-refractivity contribution < 1.29 is 13.2 Å². The third-order valence-corrected chi connectivity index (χ3v) is 4.58. The normalized spacial score (nSPS) is 11.1. The van der Waals surface area contributed by atoms with E-state index in [9.17, 15) is 8.42 Å². The summed E-state index contributed by atoms with van der Waals surface area (Å²) in [4.78, 5) is 0.0304. The summed E-state index contributed by atoms with van der Waals surface area (Å²) < 4.78 is 32.2. The molecule has 112 valence electrons. The second-order valence-electron chi connectivity index (χ2n) is 4.56. The average Bonchev–Trinajstić information content (AvgIpc) is 2.47. The van der Waals surface area contributed by atoms with Crippen LogP contribution in [0.4, 0.5) is 11.4 Å². The summed E-state index contributed by atoms with van der Waals surface area (Å²) in [6, 6.07) is 11.7. The van der Waals surface area contributed by atoms with E-state index in [2.05, 4.69) is 4.72 Å². The zero-order valence-corrected chi connectivity index (χ0v) is 12.8. The van der Waals surface area contributed by atoms with Crippen LogP contribution in [0.25, 0.3) is 0 Å². The number of hydrogen-bond acceptors (Lipinski definition) is 4. The van der Waals surface area contributed by atoms with Gasteiger partial charge in [0, 0.05) is 11.8 Å². The Morgan fingerprint density at radius 1 is 1.14 bits per heavy atom. The first kappa shape index (κ1) is 15.2. The first-order valence-electron chi connectivity index (χ1n) is 6.51. The number of benzene rings is 2. The number of nitrogen functional groups attached to an aromatic ring is 1. The highest BCUT2D eigenvalue weighted by Gasteiger charge is 2.18. The molecule has 0 saturated heterocycles. The van der Waals surface area contributed by atoms with Crippen LogP contribution in [-0.4, -0.2) is 15.5 Å². The molecule has 2 aromatic rings. The first-order chi connectivity index (χ1) is 9.96. The van der Waals surface area contributed by atoms with Gasteiger partial charge in [-0.3, -0.25) is 4.72 Å². The monoisotopic (exact) mass is 306 g/mol. The molecule has 0 aliphatic rings. The van der Waals surface area contributed by atoms with Crippen molar-refractivity contribution in [1.82, 2.24) is 0 Å². The van der Waals surface area contributed by atoms with Gasteiger partial charge in [-0.05, 0) is 36.2 Å². The van der Waals surface area contributed by atoms with Crippen LogP contribution >= 0.6 is 0 Å². The lowest BCUT2D eigenvalue weighted by Gasteiger charge is -2.11. The number of aryl methyl sites for hydroxylation is 1. The highest BCUT2D eigenvalue weighted by molar-refractivity contribution is 7.92. The van der Waals surface area contributed by atoms with E-state index in [1.165, 1.54) is 19.2 Å². The first-order valence-corrected chi connectivity index (χ1v) is 8.00. The van der Waals surface area contributed by atoms with Gasteiger partial charge in [0.2, 0.25) is 0 Å². The van der Waals surface area contributed by atoms with E-state index >= 15 is 0 Å². The summed E-state index contributed by atoms with van der Waals surface area (Å²) in [6.45, 7) is 2.04. The van der Waals surface area contributed by atoms with E-state index in [-0.39, 0.29) is 10.6 Å². The second-order valence-corrected chi connectivity index (χ2v) is 6.21. The Kier molecular flexibility index (Phi) is 4.37. The molecule has 0 heterocycles. The Balaban J connectivity index is 2.29. The molecule has 5 nitrogen and oxygen atoms in total. The highest BCUT2D eigenvalue weighted by Crippen LogP contribution is 2.25. The molecule has 3 N–H and O–H groups in total. The molecular formula is C15H18N2O3S. The number of anilines is 2. The Bertz CT molecular complexity index is 725. The standard InChI is InChI=1S/C15H18N2O3S/c1-3-11-4-6-12(7-5-11)17-21(18,19)15-9-8-13(20-2)10-14(15)16/h4-10,17H,3,16H2,1-2H3. The largest absolute Gasteiger partial charge is 0.497 e. The van der Waals surface area contributed by atoms with Crippen molar-refractivity contribution in [2.75, 3.05) is 17.6 Å². The van der Waals surface area contributed by atoms with Gasteiger partial charge in [0.1, 0.15) is 10.6 Å². The molecule has 0 radical (unpaired) electrons. The second kappa shape index (κ2) is 6.05. The van der Waals surface area contributed by atoms with Gasteiger partial charge in [0.05, 0.1) is 12.8 Å². The Labute approximate surface area is 124 Å². The fourth-order valence-corrected chi connectivity index (χ4v) is 3.09. The molecule has 2 aromatic carbocycles. The number of sulfonamides is 1. The van der Waals surface area contributed by atoms with E-state index in [1.54, 1.807) is 18.2 Å². The predicted molar refractivity (Wildman–Crippen MR) is 84.0 cm³/mol. The quantitative estimate of drug-likeness (QED) is 0.832. The van der Waals surface area contributed by atoms with Crippen molar-refractivity contribution in [3.05, 3.63) is 48.0 Å². The molecule has 6 heteroatoms. The van der Waals surface area contributed by atoms with Crippen molar-refractivity contribution in [2.24, 2.45) is 0 Å². The average molecular weight is 306 g/mol. The zero-order chi connectivity index (χ0) is 15.5. The molecular weight excluding hydrogens is 288 g/mol. The van der Waals surface area contributed by atoms with Crippen LogP contribution in [-0.2, 0) is 16.4 Å². The lowest BCUT2D eigenvalue weighted by molar-refractivity contribution is 0.414. The molecule has 0 fully saturated rings. The van der Waals surface area contributed by atoms with E-state index < -0.39 is 10.0 Å². The molecule has 0 aliphatic heterocycles. The Morgan fingerprint density at radius 3 is 2.33 bits per heavy atom. The third-order valence-electron chi connectivity index (χ3n) is 3.12. The van der Waals surface area contributed by atoms with Crippen LogP contribution in [0.15, 0.2) is 47.4 Å². The summed E-state index contributed by atoms with van der Waals surface area (Å²) >= 11 is 0. The van der Waals surface area contributed by atoms with Crippen LogP contribution in [0.1, 0.15) is 12.5 Å². The van der Waals surface area contributed by atoms with Gasteiger partial charge in [0.15, 0.2) is 0 Å². The maximum atomic E-state index is 12.3. The summed E-state index contributed by atoms with van der Waals surface area (Å²) in [6.07, 6.45) is 0.901.